The summed E-state index contributed by atoms with van der Waals surface area (Å²) in [5.41, 5.74) is 0.125. The van der Waals surface area contributed by atoms with E-state index in [1.54, 1.807) is 0 Å². The summed E-state index contributed by atoms with van der Waals surface area (Å²) in [5.74, 6) is -1.36. The van der Waals surface area contributed by atoms with Gasteiger partial charge in [-0.2, -0.15) is 0 Å². The van der Waals surface area contributed by atoms with Crippen molar-refractivity contribution in [2.45, 2.75) is 37.8 Å². The number of aliphatic hydroxyl groups excluding tert-OH is 2. The van der Waals surface area contributed by atoms with Crippen molar-refractivity contribution < 1.29 is 19.0 Å². The maximum absolute atomic E-state index is 13.6. The van der Waals surface area contributed by atoms with Crippen LogP contribution in [0.2, 0.25) is 0 Å². The predicted octanol–water partition coefficient (Wildman–Crippen LogP) is 2.24. The van der Waals surface area contributed by atoms with E-state index in [4.69, 9.17) is 5.11 Å². The molecule has 5 heteroatoms. The quantitative estimate of drug-likeness (QED) is 0.872. The van der Waals surface area contributed by atoms with Gasteiger partial charge in [0.1, 0.15) is 11.6 Å². The Morgan fingerprint density at radius 1 is 1.30 bits per heavy atom. The molecule has 1 heterocycles. The Balaban J connectivity index is 2.03. The molecule has 2 N–H and O–H groups in total. The molecule has 1 fully saturated rings. The molecule has 0 amide bonds. The van der Waals surface area contributed by atoms with Gasteiger partial charge in [-0.05, 0) is 31.9 Å². The molecule has 0 aliphatic carbocycles. The molecular formula is C15H21F2NO2. The molecule has 0 saturated carbocycles. The molecule has 2 rings (SSSR count). The number of aliphatic hydroxyl groups is 2. The van der Waals surface area contributed by atoms with Gasteiger partial charge >= 0.3 is 0 Å². The lowest BCUT2D eigenvalue weighted by molar-refractivity contribution is 0.0549. The number of hydrogen-bond acceptors (Lipinski definition) is 3. The Kier molecular flexibility index (Phi) is 5.46. The fourth-order valence-electron chi connectivity index (χ4n) is 2.87. The first-order valence-corrected chi connectivity index (χ1v) is 7.09. The Hall–Kier alpha value is -1.04. The molecule has 3 nitrogen and oxygen atoms in total. The van der Waals surface area contributed by atoms with Crippen LogP contribution in [0.1, 0.15) is 37.4 Å². The van der Waals surface area contributed by atoms with Crippen LogP contribution in [0.3, 0.4) is 0 Å². The van der Waals surface area contributed by atoms with E-state index in [1.807, 2.05) is 0 Å². The summed E-state index contributed by atoms with van der Waals surface area (Å²) in [6.07, 6.45) is 2.83. The van der Waals surface area contributed by atoms with Crippen molar-refractivity contribution in [3.8, 4) is 0 Å². The minimum absolute atomic E-state index is 0.113. The van der Waals surface area contributed by atoms with E-state index in [0.29, 0.717) is 13.0 Å². The maximum Gasteiger partial charge on any atom is 0.131 e. The molecule has 0 radical (unpaired) electrons. The third-order valence-electron chi connectivity index (χ3n) is 3.94. The zero-order valence-electron chi connectivity index (χ0n) is 11.4. The Morgan fingerprint density at radius 2 is 2.10 bits per heavy atom. The molecular weight excluding hydrogens is 264 g/mol. The lowest BCUT2D eigenvalue weighted by atomic mass is 9.98. The third-order valence-corrected chi connectivity index (χ3v) is 3.94. The van der Waals surface area contributed by atoms with Gasteiger partial charge in [0.15, 0.2) is 0 Å². The molecule has 2 atom stereocenters. The van der Waals surface area contributed by atoms with Crippen molar-refractivity contribution in [2.24, 2.45) is 0 Å². The van der Waals surface area contributed by atoms with Gasteiger partial charge in [0.2, 0.25) is 0 Å². The fourth-order valence-corrected chi connectivity index (χ4v) is 2.87. The molecule has 0 bridgehead atoms. The number of β-amino-alcohol motifs (C(OH)–C–C–N with tert-alkyl or cyclic N) is 1. The highest BCUT2D eigenvalue weighted by molar-refractivity contribution is 5.21. The Labute approximate surface area is 117 Å². The average molecular weight is 285 g/mol. The van der Waals surface area contributed by atoms with Crippen LogP contribution in [-0.2, 0) is 0 Å². The first-order valence-electron chi connectivity index (χ1n) is 7.09. The second-order valence-electron chi connectivity index (χ2n) is 5.34. The third kappa shape index (κ3) is 3.75. The molecule has 0 spiro atoms. The van der Waals surface area contributed by atoms with Gasteiger partial charge in [-0.1, -0.05) is 12.5 Å². The molecule has 2 unspecified atom stereocenters. The zero-order chi connectivity index (χ0) is 14.5. The van der Waals surface area contributed by atoms with Crippen LogP contribution < -0.4 is 0 Å². The summed E-state index contributed by atoms with van der Waals surface area (Å²) in [6.45, 7) is 1.26. The van der Waals surface area contributed by atoms with Gasteiger partial charge in [0.25, 0.3) is 0 Å². The first-order chi connectivity index (χ1) is 9.61. The van der Waals surface area contributed by atoms with Crippen LogP contribution in [0.15, 0.2) is 18.2 Å². The van der Waals surface area contributed by atoms with Crippen molar-refractivity contribution in [1.29, 1.82) is 0 Å². The van der Waals surface area contributed by atoms with Gasteiger partial charge in [0, 0.05) is 30.8 Å². The van der Waals surface area contributed by atoms with E-state index < -0.39 is 17.7 Å². The van der Waals surface area contributed by atoms with E-state index >= 15 is 0 Å². The second kappa shape index (κ2) is 7.11. The highest BCUT2D eigenvalue weighted by Crippen LogP contribution is 2.24. The number of rotatable bonds is 5. The minimum Gasteiger partial charge on any atom is -0.396 e. The summed E-state index contributed by atoms with van der Waals surface area (Å²) >= 11 is 0. The van der Waals surface area contributed by atoms with Crippen LogP contribution in [0.5, 0.6) is 0 Å². The van der Waals surface area contributed by atoms with Crippen molar-refractivity contribution in [2.75, 3.05) is 19.7 Å². The topological polar surface area (TPSA) is 43.7 Å². The predicted molar refractivity (Wildman–Crippen MR) is 72.2 cm³/mol. The Bertz CT molecular complexity index is 440. The highest BCUT2D eigenvalue weighted by Gasteiger charge is 2.25. The molecule has 112 valence electrons. The lowest BCUT2D eigenvalue weighted by Crippen LogP contribution is -2.42. The Morgan fingerprint density at radius 3 is 2.80 bits per heavy atom. The largest absolute Gasteiger partial charge is 0.396 e. The van der Waals surface area contributed by atoms with Gasteiger partial charge in [-0.15, -0.1) is 0 Å². The van der Waals surface area contributed by atoms with Crippen molar-refractivity contribution in [1.82, 2.24) is 4.90 Å². The van der Waals surface area contributed by atoms with Crippen molar-refractivity contribution >= 4 is 0 Å². The zero-order valence-corrected chi connectivity index (χ0v) is 11.4. The number of halogens is 2. The number of hydrogen-bond donors (Lipinski definition) is 2. The second-order valence-corrected chi connectivity index (χ2v) is 5.34. The van der Waals surface area contributed by atoms with Crippen LogP contribution in [0.25, 0.3) is 0 Å². The van der Waals surface area contributed by atoms with E-state index in [0.717, 1.165) is 37.9 Å². The summed E-state index contributed by atoms with van der Waals surface area (Å²) in [7, 11) is 0. The number of benzene rings is 1. The maximum atomic E-state index is 13.6. The molecule has 1 aromatic carbocycles. The smallest absolute Gasteiger partial charge is 0.131 e. The number of nitrogens with zero attached hydrogens (tertiary/aromatic N) is 1. The normalized spacial score (nSPS) is 21.9. The molecule has 1 aliphatic heterocycles. The van der Waals surface area contributed by atoms with E-state index in [1.165, 1.54) is 6.07 Å². The van der Waals surface area contributed by atoms with E-state index in [9.17, 15) is 13.9 Å². The van der Waals surface area contributed by atoms with Gasteiger partial charge in [0.05, 0.1) is 6.10 Å². The average Bonchev–Trinajstić information content (AvgIpc) is 2.41. The van der Waals surface area contributed by atoms with Crippen LogP contribution in [-0.4, -0.2) is 40.9 Å². The molecule has 1 aromatic rings. The SMILES string of the molecule is OCCC1CCCCN1CC(O)c1ccc(F)cc1F. The summed E-state index contributed by atoms with van der Waals surface area (Å²) in [6, 6.07) is 3.47. The fraction of sp³-hybridized carbons (Fsp3) is 0.600. The van der Waals surface area contributed by atoms with E-state index in [-0.39, 0.29) is 18.2 Å². The van der Waals surface area contributed by atoms with E-state index in [2.05, 4.69) is 4.90 Å². The van der Waals surface area contributed by atoms with Crippen LogP contribution >= 0.6 is 0 Å². The number of likely N-dealkylation sites (tertiary alicyclic amines) is 1. The van der Waals surface area contributed by atoms with Gasteiger partial charge in [-0.3, -0.25) is 4.90 Å². The monoisotopic (exact) mass is 285 g/mol. The van der Waals surface area contributed by atoms with Crippen LogP contribution in [0, 0.1) is 11.6 Å². The summed E-state index contributed by atoms with van der Waals surface area (Å²) in [5, 5.41) is 19.2. The van der Waals surface area contributed by atoms with Crippen molar-refractivity contribution in [3.05, 3.63) is 35.4 Å². The standard InChI is InChI=1S/C15H21F2NO2/c16-11-4-5-13(14(17)9-11)15(20)10-18-7-2-1-3-12(18)6-8-19/h4-5,9,12,15,19-20H,1-3,6-8,10H2. The molecule has 0 aromatic heterocycles. The first kappa shape index (κ1) is 15.4. The summed E-state index contributed by atoms with van der Waals surface area (Å²) in [4.78, 5) is 2.09. The van der Waals surface area contributed by atoms with Crippen LogP contribution in [0.4, 0.5) is 8.78 Å². The molecule has 1 aliphatic rings. The molecule has 20 heavy (non-hydrogen) atoms. The minimum atomic E-state index is -0.977. The summed E-state index contributed by atoms with van der Waals surface area (Å²) < 4.78 is 26.5. The van der Waals surface area contributed by atoms with Gasteiger partial charge < -0.3 is 10.2 Å². The molecule has 1 saturated heterocycles. The number of piperidine rings is 1. The lowest BCUT2D eigenvalue weighted by Gasteiger charge is -2.36. The van der Waals surface area contributed by atoms with Gasteiger partial charge in [-0.25, -0.2) is 8.78 Å². The van der Waals surface area contributed by atoms with Crippen molar-refractivity contribution in [3.63, 3.8) is 0 Å². The highest BCUT2D eigenvalue weighted by atomic mass is 19.1.